The second-order valence-electron chi connectivity index (χ2n) is 5.84. The van der Waals surface area contributed by atoms with Crippen molar-refractivity contribution in [2.24, 2.45) is 5.73 Å². The maximum absolute atomic E-state index is 12.5. The lowest BCUT2D eigenvalue weighted by Crippen LogP contribution is -2.30. The molecule has 0 fully saturated rings. The van der Waals surface area contributed by atoms with Crippen molar-refractivity contribution in [2.45, 2.75) is 36.4 Å². The lowest BCUT2D eigenvalue weighted by molar-refractivity contribution is -0.139. The van der Waals surface area contributed by atoms with Gasteiger partial charge in [0.1, 0.15) is 12.6 Å². The number of benzene rings is 1. The van der Waals surface area contributed by atoms with Crippen molar-refractivity contribution >= 4 is 21.9 Å². The van der Waals surface area contributed by atoms with Crippen molar-refractivity contribution in [1.82, 2.24) is 5.32 Å². The van der Waals surface area contributed by atoms with Crippen LogP contribution in [0.2, 0.25) is 0 Å². The van der Waals surface area contributed by atoms with Gasteiger partial charge in [0, 0.05) is 6.54 Å². The van der Waals surface area contributed by atoms with Crippen molar-refractivity contribution in [1.29, 1.82) is 0 Å². The second kappa shape index (κ2) is 10.3. The molecule has 1 aromatic carbocycles. The van der Waals surface area contributed by atoms with E-state index in [0.29, 0.717) is 25.0 Å². The van der Waals surface area contributed by atoms with Gasteiger partial charge < -0.3 is 20.9 Å². The van der Waals surface area contributed by atoms with Gasteiger partial charge in [-0.05, 0) is 43.5 Å². The molecule has 0 saturated heterocycles. The molecule has 1 atom stereocenters. The predicted octanol–water partition coefficient (Wildman–Crippen LogP) is 1.79. The van der Waals surface area contributed by atoms with Gasteiger partial charge in [-0.2, -0.15) is 13.2 Å². The fraction of sp³-hybridized carbons (Fsp3) is 0.500. The minimum Gasteiger partial charge on any atom is -0.480 e. The summed E-state index contributed by atoms with van der Waals surface area (Å²) in [5.41, 5.74) is 4.35. The second-order valence-corrected chi connectivity index (χ2v) is 7.95. The number of unbranched alkanes of at least 4 members (excludes halogenated alkanes) is 1. The van der Waals surface area contributed by atoms with Crippen molar-refractivity contribution in [2.75, 3.05) is 18.9 Å². The smallest absolute Gasteiger partial charge is 0.416 e. The van der Waals surface area contributed by atoms with Crippen LogP contribution < -0.4 is 11.1 Å². The van der Waals surface area contributed by atoms with Crippen LogP contribution in [-0.2, 0) is 25.5 Å². The molecule has 1 amide bonds. The van der Waals surface area contributed by atoms with Crippen LogP contribution in [-0.4, -0.2) is 50.5 Å². The van der Waals surface area contributed by atoms with Crippen molar-refractivity contribution < 1.29 is 41.0 Å². The molecule has 0 unspecified atom stereocenters. The van der Waals surface area contributed by atoms with E-state index in [4.69, 9.17) is 15.6 Å². The molecule has 1 aromatic rings. The first-order valence-corrected chi connectivity index (χ1v) is 9.88. The molecule has 28 heavy (non-hydrogen) atoms. The Bertz CT molecular complexity index is 766. The number of hydrogen-bond acceptors (Lipinski definition) is 6. The molecule has 0 heterocycles. The summed E-state index contributed by atoms with van der Waals surface area (Å²) in [7, 11) is -3.91. The van der Waals surface area contributed by atoms with Gasteiger partial charge in [-0.3, -0.25) is 4.79 Å². The quantitative estimate of drug-likeness (QED) is 0.485. The third-order valence-corrected chi connectivity index (χ3v) is 5.35. The number of alkyl carbamates (subject to hydrolysis) is 1. The third-order valence-electron chi connectivity index (χ3n) is 3.65. The number of nitrogens with two attached hydrogens (primary N) is 1. The Morgan fingerprint density at radius 1 is 1.18 bits per heavy atom. The van der Waals surface area contributed by atoms with Crippen LogP contribution >= 0.6 is 0 Å². The van der Waals surface area contributed by atoms with E-state index >= 15 is 0 Å². The predicted molar refractivity (Wildman–Crippen MR) is 92.3 cm³/mol. The van der Waals surface area contributed by atoms with Gasteiger partial charge in [0.05, 0.1) is 16.2 Å². The van der Waals surface area contributed by atoms with Crippen LogP contribution in [0.3, 0.4) is 0 Å². The van der Waals surface area contributed by atoms with Crippen molar-refractivity contribution in [3.05, 3.63) is 29.8 Å². The highest BCUT2D eigenvalue weighted by atomic mass is 32.2. The first-order chi connectivity index (χ1) is 12.9. The maximum atomic E-state index is 12.5. The molecule has 0 aliphatic carbocycles. The number of ether oxygens (including phenoxy) is 1. The number of carbonyl (C=O) groups is 2. The largest absolute Gasteiger partial charge is 0.480 e. The van der Waals surface area contributed by atoms with E-state index in [-0.39, 0.29) is 17.9 Å². The summed E-state index contributed by atoms with van der Waals surface area (Å²) in [4.78, 5) is 21.7. The highest BCUT2D eigenvalue weighted by Crippen LogP contribution is 2.29. The fourth-order valence-corrected chi connectivity index (χ4v) is 3.16. The van der Waals surface area contributed by atoms with E-state index in [0.717, 1.165) is 12.1 Å². The molecular formula is C16H21F3N2O6S. The van der Waals surface area contributed by atoms with E-state index in [1.807, 2.05) is 0 Å². The van der Waals surface area contributed by atoms with Gasteiger partial charge in [-0.15, -0.1) is 0 Å². The zero-order valence-corrected chi connectivity index (χ0v) is 15.6. The van der Waals surface area contributed by atoms with Gasteiger partial charge in [0.15, 0.2) is 9.84 Å². The Balaban J connectivity index is 2.33. The van der Waals surface area contributed by atoms with Gasteiger partial charge in [-0.1, -0.05) is 0 Å². The number of alkyl halides is 3. The first-order valence-electron chi connectivity index (χ1n) is 8.22. The molecule has 0 aromatic heterocycles. The van der Waals surface area contributed by atoms with Crippen LogP contribution in [0.25, 0.3) is 0 Å². The summed E-state index contributed by atoms with van der Waals surface area (Å²) in [6, 6.07) is 2.05. The molecule has 0 spiro atoms. The number of aliphatic carboxylic acids is 1. The molecule has 0 aliphatic rings. The number of hydrogen-bond donors (Lipinski definition) is 3. The monoisotopic (exact) mass is 426 g/mol. The zero-order chi connectivity index (χ0) is 21.4. The molecule has 0 bridgehead atoms. The van der Waals surface area contributed by atoms with E-state index in [2.05, 4.69) is 5.32 Å². The molecule has 0 aliphatic heterocycles. The minimum absolute atomic E-state index is 0.191. The number of nitrogens with one attached hydrogen (secondary N) is 1. The Morgan fingerprint density at radius 2 is 1.79 bits per heavy atom. The average molecular weight is 426 g/mol. The third kappa shape index (κ3) is 8.13. The van der Waals surface area contributed by atoms with E-state index < -0.39 is 52.0 Å². The normalized spacial score (nSPS) is 13.0. The van der Waals surface area contributed by atoms with E-state index in [1.165, 1.54) is 0 Å². The van der Waals surface area contributed by atoms with Gasteiger partial charge >= 0.3 is 18.2 Å². The summed E-state index contributed by atoms with van der Waals surface area (Å²) in [6.45, 7) is -0.282. The van der Waals surface area contributed by atoms with E-state index in [1.54, 1.807) is 0 Å². The van der Waals surface area contributed by atoms with Crippen LogP contribution in [0.15, 0.2) is 29.2 Å². The summed E-state index contributed by atoms with van der Waals surface area (Å²) in [6.07, 6.45) is -4.25. The molecular weight excluding hydrogens is 405 g/mol. The number of rotatable bonds is 10. The lowest BCUT2D eigenvalue weighted by atomic mass is 10.1. The summed E-state index contributed by atoms with van der Waals surface area (Å²) in [5, 5.41) is 11.0. The number of halogens is 3. The van der Waals surface area contributed by atoms with Crippen LogP contribution in [0.5, 0.6) is 0 Å². The van der Waals surface area contributed by atoms with Crippen molar-refractivity contribution in [3.63, 3.8) is 0 Å². The molecule has 0 radical (unpaired) electrons. The Kier molecular flexibility index (Phi) is 8.69. The molecule has 1 rings (SSSR count). The summed E-state index contributed by atoms with van der Waals surface area (Å²) >= 11 is 0. The molecule has 8 nitrogen and oxygen atoms in total. The van der Waals surface area contributed by atoms with Crippen molar-refractivity contribution in [3.8, 4) is 0 Å². The number of amides is 1. The highest BCUT2D eigenvalue weighted by Gasteiger charge is 2.30. The SMILES string of the molecule is N[C@@H](CCCCNC(=O)OCCS(=O)(=O)c1ccc(C(F)(F)F)cc1)C(=O)O. The molecule has 12 heteroatoms. The zero-order valence-electron chi connectivity index (χ0n) is 14.7. The fourth-order valence-electron chi connectivity index (χ4n) is 2.07. The number of carboxylic acids is 1. The van der Waals surface area contributed by atoms with Crippen LogP contribution in [0.1, 0.15) is 24.8 Å². The van der Waals surface area contributed by atoms with Gasteiger partial charge in [0.25, 0.3) is 0 Å². The number of sulfone groups is 1. The standard InChI is InChI=1S/C16H21F3N2O6S/c17-16(18,19)11-4-6-12(7-5-11)28(25,26)10-9-27-15(24)21-8-2-1-3-13(20)14(22)23/h4-7,13H,1-3,8-10,20H2,(H,21,24)(H,22,23)/t13-/m0/s1. The molecule has 4 N–H and O–H groups in total. The molecule has 0 saturated carbocycles. The molecule has 158 valence electrons. The van der Waals surface area contributed by atoms with Crippen LogP contribution in [0, 0.1) is 0 Å². The summed E-state index contributed by atoms with van der Waals surface area (Å²) in [5.74, 6) is -1.69. The van der Waals surface area contributed by atoms with Gasteiger partial charge in [-0.25, -0.2) is 13.2 Å². The first kappa shape index (κ1) is 23.7. The number of carboxylic acid groups (broad SMARTS) is 1. The van der Waals surface area contributed by atoms with Gasteiger partial charge in [0.2, 0.25) is 0 Å². The minimum atomic E-state index is -4.57. The number of carbonyl (C=O) groups excluding carboxylic acids is 1. The topological polar surface area (TPSA) is 136 Å². The lowest BCUT2D eigenvalue weighted by Gasteiger charge is -2.10. The maximum Gasteiger partial charge on any atom is 0.416 e. The average Bonchev–Trinajstić information content (AvgIpc) is 2.60. The highest BCUT2D eigenvalue weighted by molar-refractivity contribution is 7.91. The summed E-state index contributed by atoms with van der Waals surface area (Å²) < 4.78 is 66.3. The Hall–Kier alpha value is -2.34. The Morgan fingerprint density at radius 3 is 2.32 bits per heavy atom. The Labute approximate surface area is 159 Å². The van der Waals surface area contributed by atoms with Crippen LogP contribution in [0.4, 0.5) is 18.0 Å². The van der Waals surface area contributed by atoms with E-state index in [9.17, 15) is 31.2 Å².